The molecule has 8 nitrogen and oxygen atoms in total. The standard InChI is InChI=1S/C22H30N6O2/c1-30-22-20(24-9-10-25-22)27-12-6-19(7-13-27)28-11-3-5-18(16-28)21(29)26-15-17-4-2-8-23-14-17/h2,4,8-10,14,18-19H,3,5-7,11-13,15-16H2,1H3,(H,26,29). The number of amides is 1. The van der Waals surface area contributed by atoms with Crippen molar-refractivity contribution in [2.45, 2.75) is 38.3 Å². The minimum Gasteiger partial charge on any atom is -0.478 e. The number of rotatable bonds is 6. The highest BCUT2D eigenvalue weighted by Gasteiger charge is 2.32. The molecule has 2 aromatic rings. The van der Waals surface area contributed by atoms with Gasteiger partial charge in [0.1, 0.15) is 0 Å². The number of piperidine rings is 2. The summed E-state index contributed by atoms with van der Waals surface area (Å²) in [6.07, 6.45) is 11.1. The lowest BCUT2D eigenvalue weighted by atomic mass is 9.93. The van der Waals surface area contributed by atoms with Gasteiger partial charge in [-0.15, -0.1) is 0 Å². The molecule has 0 saturated carbocycles. The zero-order valence-corrected chi connectivity index (χ0v) is 17.5. The van der Waals surface area contributed by atoms with Crippen molar-refractivity contribution in [3.05, 3.63) is 42.5 Å². The lowest BCUT2D eigenvalue weighted by molar-refractivity contribution is -0.127. The van der Waals surface area contributed by atoms with Crippen molar-refractivity contribution in [2.24, 2.45) is 5.92 Å². The van der Waals surface area contributed by atoms with Gasteiger partial charge in [0, 0.05) is 57.0 Å². The fraction of sp³-hybridized carbons (Fsp3) is 0.545. The Morgan fingerprint density at radius 3 is 2.77 bits per heavy atom. The van der Waals surface area contributed by atoms with Gasteiger partial charge in [0.05, 0.1) is 13.0 Å². The van der Waals surface area contributed by atoms with Crippen LogP contribution < -0.4 is 15.0 Å². The summed E-state index contributed by atoms with van der Waals surface area (Å²) >= 11 is 0. The van der Waals surface area contributed by atoms with Crippen LogP contribution >= 0.6 is 0 Å². The van der Waals surface area contributed by atoms with E-state index >= 15 is 0 Å². The van der Waals surface area contributed by atoms with E-state index in [1.165, 1.54) is 0 Å². The van der Waals surface area contributed by atoms with E-state index in [0.717, 1.165) is 63.2 Å². The lowest BCUT2D eigenvalue weighted by Crippen LogP contribution is -2.51. The Balaban J connectivity index is 1.28. The molecule has 1 N–H and O–H groups in total. The zero-order valence-electron chi connectivity index (χ0n) is 17.5. The number of ether oxygens (including phenoxy) is 1. The largest absolute Gasteiger partial charge is 0.478 e. The molecule has 0 aromatic carbocycles. The van der Waals surface area contributed by atoms with Gasteiger partial charge in [-0.25, -0.2) is 9.97 Å². The minimum absolute atomic E-state index is 0.0635. The molecule has 8 heteroatoms. The minimum atomic E-state index is 0.0635. The fourth-order valence-corrected chi connectivity index (χ4v) is 4.51. The molecule has 30 heavy (non-hydrogen) atoms. The van der Waals surface area contributed by atoms with Gasteiger partial charge in [0.15, 0.2) is 5.82 Å². The topological polar surface area (TPSA) is 83.5 Å². The number of methoxy groups -OCH3 is 1. The Bertz CT molecular complexity index is 825. The van der Waals surface area contributed by atoms with Crippen molar-refractivity contribution in [3.63, 3.8) is 0 Å². The maximum atomic E-state index is 12.7. The molecule has 0 spiro atoms. The molecule has 2 fully saturated rings. The number of hydrogen-bond donors (Lipinski definition) is 1. The van der Waals surface area contributed by atoms with Gasteiger partial charge in [0.25, 0.3) is 5.88 Å². The molecule has 1 atom stereocenters. The van der Waals surface area contributed by atoms with Gasteiger partial charge in [-0.3, -0.25) is 14.7 Å². The number of nitrogens with one attached hydrogen (secondary N) is 1. The molecular weight excluding hydrogens is 380 g/mol. The first-order chi connectivity index (χ1) is 14.7. The van der Waals surface area contributed by atoms with E-state index in [4.69, 9.17) is 4.74 Å². The molecular formula is C22H30N6O2. The summed E-state index contributed by atoms with van der Waals surface area (Å²) in [4.78, 5) is 30.3. The van der Waals surface area contributed by atoms with Crippen LogP contribution in [-0.2, 0) is 11.3 Å². The third kappa shape index (κ3) is 4.87. The number of pyridine rings is 1. The van der Waals surface area contributed by atoms with Gasteiger partial charge in [-0.1, -0.05) is 6.07 Å². The molecule has 4 heterocycles. The van der Waals surface area contributed by atoms with E-state index in [1.54, 1.807) is 31.9 Å². The highest BCUT2D eigenvalue weighted by Crippen LogP contribution is 2.29. The van der Waals surface area contributed by atoms with E-state index in [-0.39, 0.29) is 11.8 Å². The van der Waals surface area contributed by atoms with Crippen LogP contribution in [0.5, 0.6) is 5.88 Å². The Morgan fingerprint density at radius 2 is 2.00 bits per heavy atom. The SMILES string of the molecule is COc1nccnc1N1CCC(N2CCCC(C(=O)NCc3cccnc3)C2)CC1. The number of likely N-dealkylation sites (tertiary alicyclic amines) is 1. The molecule has 1 amide bonds. The fourth-order valence-electron chi connectivity index (χ4n) is 4.51. The van der Waals surface area contributed by atoms with E-state index in [2.05, 4.69) is 30.1 Å². The number of hydrogen-bond acceptors (Lipinski definition) is 7. The number of anilines is 1. The van der Waals surface area contributed by atoms with Crippen LogP contribution in [0, 0.1) is 5.92 Å². The maximum Gasteiger partial charge on any atom is 0.257 e. The Kier molecular flexibility index (Phi) is 6.74. The molecule has 4 rings (SSSR count). The maximum absolute atomic E-state index is 12.7. The van der Waals surface area contributed by atoms with Crippen molar-refractivity contribution in [3.8, 4) is 5.88 Å². The molecule has 2 saturated heterocycles. The molecule has 2 aromatic heterocycles. The Labute approximate surface area is 177 Å². The number of carbonyl (C=O) groups excluding carboxylic acids is 1. The first-order valence-corrected chi connectivity index (χ1v) is 10.7. The van der Waals surface area contributed by atoms with Crippen LogP contribution in [0.3, 0.4) is 0 Å². The average molecular weight is 411 g/mol. The molecule has 1 unspecified atom stereocenters. The molecule has 2 aliphatic heterocycles. The molecule has 2 aliphatic rings. The summed E-state index contributed by atoms with van der Waals surface area (Å²) in [6.45, 7) is 4.31. The predicted octanol–water partition coefficient (Wildman–Crippen LogP) is 1.88. The zero-order chi connectivity index (χ0) is 20.8. The molecule has 0 radical (unpaired) electrons. The van der Waals surface area contributed by atoms with E-state index < -0.39 is 0 Å². The van der Waals surface area contributed by atoms with Crippen LogP contribution in [-0.4, -0.2) is 65.1 Å². The van der Waals surface area contributed by atoms with Gasteiger partial charge >= 0.3 is 0 Å². The smallest absolute Gasteiger partial charge is 0.257 e. The quantitative estimate of drug-likeness (QED) is 0.778. The molecule has 0 bridgehead atoms. The average Bonchev–Trinajstić information content (AvgIpc) is 2.83. The van der Waals surface area contributed by atoms with Crippen LogP contribution in [0.1, 0.15) is 31.2 Å². The summed E-state index contributed by atoms with van der Waals surface area (Å²) in [5.41, 5.74) is 1.03. The highest BCUT2D eigenvalue weighted by molar-refractivity contribution is 5.79. The second-order valence-corrected chi connectivity index (χ2v) is 8.02. The van der Waals surface area contributed by atoms with Crippen molar-refractivity contribution < 1.29 is 9.53 Å². The first kappa shape index (κ1) is 20.5. The van der Waals surface area contributed by atoms with Gasteiger partial charge in [-0.05, 0) is 43.9 Å². The number of carbonyl (C=O) groups is 1. The van der Waals surface area contributed by atoms with Crippen molar-refractivity contribution in [1.82, 2.24) is 25.2 Å². The lowest BCUT2D eigenvalue weighted by Gasteiger charge is -2.42. The van der Waals surface area contributed by atoms with Crippen LogP contribution in [0.25, 0.3) is 0 Å². The molecule has 0 aliphatic carbocycles. The normalized spacial score (nSPS) is 20.7. The third-order valence-corrected chi connectivity index (χ3v) is 6.13. The van der Waals surface area contributed by atoms with Gasteiger partial charge in [0.2, 0.25) is 5.91 Å². The summed E-state index contributed by atoms with van der Waals surface area (Å²) in [5.74, 6) is 1.63. The Morgan fingerprint density at radius 1 is 1.17 bits per heavy atom. The Hall–Kier alpha value is -2.74. The van der Waals surface area contributed by atoms with Crippen molar-refractivity contribution >= 4 is 11.7 Å². The third-order valence-electron chi connectivity index (χ3n) is 6.13. The van der Waals surface area contributed by atoms with Gasteiger partial charge < -0.3 is 15.0 Å². The summed E-state index contributed by atoms with van der Waals surface area (Å²) in [6, 6.07) is 4.39. The van der Waals surface area contributed by atoms with Crippen LogP contribution in [0.4, 0.5) is 5.82 Å². The van der Waals surface area contributed by atoms with Crippen LogP contribution in [0.15, 0.2) is 36.9 Å². The van der Waals surface area contributed by atoms with Crippen molar-refractivity contribution in [2.75, 3.05) is 38.2 Å². The van der Waals surface area contributed by atoms with E-state index in [1.807, 2.05) is 12.1 Å². The number of aromatic nitrogens is 3. The monoisotopic (exact) mass is 410 g/mol. The second-order valence-electron chi connectivity index (χ2n) is 8.02. The summed E-state index contributed by atoms with van der Waals surface area (Å²) < 4.78 is 5.36. The summed E-state index contributed by atoms with van der Waals surface area (Å²) in [7, 11) is 1.63. The summed E-state index contributed by atoms with van der Waals surface area (Å²) in [5, 5.41) is 3.09. The van der Waals surface area contributed by atoms with E-state index in [0.29, 0.717) is 18.5 Å². The highest BCUT2D eigenvalue weighted by atomic mass is 16.5. The van der Waals surface area contributed by atoms with E-state index in [9.17, 15) is 4.79 Å². The second kappa shape index (κ2) is 9.84. The molecule has 160 valence electrons. The van der Waals surface area contributed by atoms with Gasteiger partial charge in [-0.2, -0.15) is 0 Å². The van der Waals surface area contributed by atoms with Crippen molar-refractivity contribution in [1.29, 1.82) is 0 Å². The predicted molar refractivity (Wildman–Crippen MR) is 114 cm³/mol. The number of nitrogens with zero attached hydrogens (tertiary/aromatic N) is 5. The first-order valence-electron chi connectivity index (χ1n) is 10.7. The van der Waals surface area contributed by atoms with Crippen LogP contribution in [0.2, 0.25) is 0 Å².